The zero-order valence-corrected chi connectivity index (χ0v) is 10.9. The molecular formula is C14H18N4O. The van der Waals surface area contributed by atoms with Crippen molar-refractivity contribution in [3.63, 3.8) is 0 Å². The van der Waals surface area contributed by atoms with Crippen molar-refractivity contribution in [2.45, 2.75) is 13.3 Å². The number of H-pyrrole nitrogens is 1. The van der Waals surface area contributed by atoms with Gasteiger partial charge < -0.3 is 15.6 Å². The van der Waals surface area contributed by atoms with Gasteiger partial charge in [-0.2, -0.15) is 0 Å². The average molecular weight is 258 g/mol. The van der Waals surface area contributed by atoms with Crippen molar-refractivity contribution in [3.8, 4) is 0 Å². The van der Waals surface area contributed by atoms with E-state index >= 15 is 0 Å². The van der Waals surface area contributed by atoms with Gasteiger partial charge in [-0.15, -0.1) is 0 Å². The zero-order valence-electron chi connectivity index (χ0n) is 10.9. The van der Waals surface area contributed by atoms with E-state index in [0.29, 0.717) is 18.5 Å². The molecule has 0 atom stereocenters. The van der Waals surface area contributed by atoms with Crippen molar-refractivity contribution in [1.82, 2.24) is 15.3 Å². The first-order valence-corrected chi connectivity index (χ1v) is 6.40. The van der Waals surface area contributed by atoms with Crippen LogP contribution < -0.4 is 10.6 Å². The van der Waals surface area contributed by atoms with Crippen LogP contribution in [0.25, 0.3) is 0 Å². The molecule has 0 saturated heterocycles. The van der Waals surface area contributed by atoms with Crippen LogP contribution >= 0.6 is 0 Å². The molecule has 0 aliphatic rings. The monoisotopic (exact) mass is 258 g/mol. The van der Waals surface area contributed by atoms with Crippen LogP contribution in [0.15, 0.2) is 36.7 Å². The van der Waals surface area contributed by atoms with Gasteiger partial charge in [-0.25, -0.2) is 4.98 Å². The van der Waals surface area contributed by atoms with Gasteiger partial charge in [-0.3, -0.25) is 4.79 Å². The summed E-state index contributed by atoms with van der Waals surface area (Å²) in [5.41, 5.74) is 1.53. The second-order valence-electron chi connectivity index (χ2n) is 4.12. The smallest absolute Gasteiger partial charge is 0.253 e. The number of aromatic amines is 1. The Labute approximate surface area is 112 Å². The molecule has 19 heavy (non-hydrogen) atoms. The number of anilines is 1. The molecule has 1 aromatic carbocycles. The molecule has 1 amide bonds. The number of benzene rings is 1. The summed E-state index contributed by atoms with van der Waals surface area (Å²) in [5, 5.41) is 6.08. The normalized spacial score (nSPS) is 10.2. The van der Waals surface area contributed by atoms with Crippen molar-refractivity contribution in [3.05, 3.63) is 48.0 Å². The molecule has 1 aromatic heterocycles. The maximum absolute atomic E-state index is 12.1. The van der Waals surface area contributed by atoms with Gasteiger partial charge in [0, 0.05) is 37.6 Å². The molecule has 0 fully saturated rings. The fourth-order valence-corrected chi connectivity index (χ4v) is 1.85. The molecule has 0 spiro atoms. The molecule has 3 N–H and O–H groups in total. The summed E-state index contributed by atoms with van der Waals surface area (Å²) in [7, 11) is 0. The van der Waals surface area contributed by atoms with Crippen molar-refractivity contribution >= 4 is 11.6 Å². The van der Waals surface area contributed by atoms with E-state index < -0.39 is 0 Å². The van der Waals surface area contributed by atoms with Gasteiger partial charge in [-0.1, -0.05) is 12.1 Å². The lowest BCUT2D eigenvalue weighted by Gasteiger charge is -2.10. The van der Waals surface area contributed by atoms with E-state index in [2.05, 4.69) is 20.6 Å². The average Bonchev–Trinajstić information content (AvgIpc) is 2.93. The molecule has 0 radical (unpaired) electrons. The number of nitrogens with zero attached hydrogens (tertiary/aromatic N) is 1. The highest BCUT2D eigenvalue weighted by molar-refractivity contribution is 5.99. The molecule has 2 rings (SSSR count). The summed E-state index contributed by atoms with van der Waals surface area (Å²) in [6.45, 7) is 3.36. The Kier molecular flexibility index (Phi) is 4.55. The highest BCUT2D eigenvalue weighted by atomic mass is 16.1. The highest BCUT2D eigenvalue weighted by Crippen LogP contribution is 2.14. The largest absolute Gasteiger partial charge is 0.385 e. The minimum atomic E-state index is -0.0666. The van der Waals surface area contributed by atoms with Crippen LogP contribution in [0, 0.1) is 0 Å². The fourth-order valence-electron chi connectivity index (χ4n) is 1.85. The van der Waals surface area contributed by atoms with E-state index in [9.17, 15) is 4.79 Å². The Balaban J connectivity index is 1.92. The Morgan fingerprint density at radius 3 is 2.95 bits per heavy atom. The number of hydrogen-bond donors (Lipinski definition) is 3. The minimum absolute atomic E-state index is 0.0666. The second-order valence-corrected chi connectivity index (χ2v) is 4.12. The number of imidazole rings is 1. The van der Waals surface area contributed by atoms with E-state index in [0.717, 1.165) is 18.1 Å². The Bertz CT molecular complexity index is 522. The van der Waals surface area contributed by atoms with E-state index in [1.807, 2.05) is 31.2 Å². The van der Waals surface area contributed by atoms with Crippen LogP contribution in [0.1, 0.15) is 23.1 Å². The van der Waals surface area contributed by atoms with E-state index in [1.165, 1.54) is 0 Å². The van der Waals surface area contributed by atoms with E-state index in [4.69, 9.17) is 0 Å². The SMILES string of the molecule is CCNc1ccccc1C(=O)NCCc1ncc[nH]1. The summed E-state index contributed by atoms with van der Waals surface area (Å²) >= 11 is 0. The summed E-state index contributed by atoms with van der Waals surface area (Å²) in [6.07, 6.45) is 4.18. The van der Waals surface area contributed by atoms with Gasteiger partial charge in [0.1, 0.15) is 5.82 Å². The number of carbonyl (C=O) groups excluding carboxylic acids is 1. The zero-order chi connectivity index (χ0) is 13.5. The minimum Gasteiger partial charge on any atom is -0.385 e. The third-order valence-corrected chi connectivity index (χ3v) is 2.74. The number of amides is 1. The molecular weight excluding hydrogens is 240 g/mol. The van der Waals surface area contributed by atoms with Gasteiger partial charge in [0.2, 0.25) is 0 Å². The van der Waals surface area contributed by atoms with Crippen LogP contribution in [-0.4, -0.2) is 29.0 Å². The third kappa shape index (κ3) is 3.58. The first kappa shape index (κ1) is 13.1. The van der Waals surface area contributed by atoms with Crippen molar-refractivity contribution in [2.24, 2.45) is 0 Å². The molecule has 2 aromatic rings. The first-order valence-electron chi connectivity index (χ1n) is 6.40. The van der Waals surface area contributed by atoms with Gasteiger partial charge in [-0.05, 0) is 19.1 Å². The molecule has 5 nitrogen and oxygen atoms in total. The van der Waals surface area contributed by atoms with Gasteiger partial charge in [0.05, 0.1) is 5.56 Å². The lowest BCUT2D eigenvalue weighted by atomic mass is 10.1. The Morgan fingerprint density at radius 2 is 2.21 bits per heavy atom. The van der Waals surface area contributed by atoms with Crippen molar-refractivity contribution in [1.29, 1.82) is 0 Å². The Morgan fingerprint density at radius 1 is 1.37 bits per heavy atom. The van der Waals surface area contributed by atoms with Gasteiger partial charge in [0.15, 0.2) is 0 Å². The lowest BCUT2D eigenvalue weighted by molar-refractivity contribution is 0.0955. The fraction of sp³-hybridized carbons (Fsp3) is 0.286. The number of rotatable bonds is 6. The van der Waals surface area contributed by atoms with Crippen LogP contribution in [-0.2, 0) is 6.42 Å². The predicted octanol–water partition coefficient (Wildman–Crippen LogP) is 1.81. The van der Waals surface area contributed by atoms with Crippen LogP contribution in [0.4, 0.5) is 5.69 Å². The topological polar surface area (TPSA) is 69.8 Å². The quantitative estimate of drug-likeness (QED) is 0.740. The number of hydrogen-bond acceptors (Lipinski definition) is 3. The second kappa shape index (κ2) is 6.58. The molecule has 1 heterocycles. The summed E-state index contributed by atoms with van der Waals surface area (Å²) in [5.74, 6) is 0.809. The predicted molar refractivity (Wildman–Crippen MR) is 75.2 cm³/mol. The lowest BCUT2D eigenvalue weighted by Crippen LogP contribution is -2.26. The molecule has 100 valence electrons. The maximum atomic E-state index is 12.1. The first-order chi connectivity index (χ1) is 9.31. The molecule has 0 aliphatic carbocycles. The highest BCUT2D eigenvalue weighted by Gasteiger charge is 2.09. The summed E-state index contributed by atoms with van der Waals surface area (Å²) < 4.78 is 0. The number of carbonyl (C=O) groups is 1. The third-order valence-electron chi connectivity index (χ3n) is 2.74. The molecule has 5 heteroatoms. The van der Waals surface area contributed by atoms with E-state index in [-0.39, 0.29) is 5.91 Å². The number of nitrogens with one attached hydrogen (secondary N) is 3. The maximum Gasteiger partial charge on any atom is 0.253 e. The molecule has 0 unspecified atom stereocenters. The standard InChI is InChI=1S/C14H18N4O/c1-2-15-12-6-4-3-5-11(12)14(19)18-8-7-13-16-9-10-17-13/h3-6,9-10,15H,2,7-8H2,1H3,(H,16,17)(H,18,19). The van der Waals surface area contributed by atoms with E-state index in [1.54, 1.807) is 12.4 Å². The summed E-state index contributed by atoms with van der Waals surface area (Å²) in [4.78, 5) is 19.2. The van der Waals surface area contributed by atoms with Crippen LogP contribution in [0.5, 0.6) is 0 Å². The molecule has 0 saturated carbocycles. The molecule has 0 bridgehead atoms. The number of para-hydroxylation sites is 1. The van der Waals surface area contributed by atoms with Crippen molar-refractivity contribution in [2.75, 3.05) is 18.4 Å². The van der Waals surface area contributed by atoms with Gasteiger partial charge in [0.25, 0.3) is 5.91 Å². The van der Waals surface area contributed by atoms with Crippen molar-refractivity contribution < 1.29 is 4.79 Å². The molecule has 0 aliphatic heterocycles. The van der Waals surface area contributed by atoms with Crippen LogP contribution in [0.3, 0.4) is 0 Å². The van der Waals surface area contributed by atoms with Crippen LogP contribution in [0.2, 0.25) is 0 Å². The van der Waals surface area contributed by atoms with Gasteiger partial charge >= 0.3 is 0 Å². The number of aromatic nitrogens is 2. The Hall–Kier alpha value is -2.30. The summed E-state index contributed by atoms with van der Waals surface area (Å²) in [6, 6.07) is 7.51.